The first-order chi connectivity index (χ1) is 9.28. The molecule has 102 valence electrons. The van der Waals surface area contributed by atoms with Crippen molar-refractivity contribution < 1.29 is 4.79 Å². The SMILES string of the molecule is CC[C@@H]1C[C@H]2CCC(=O)C[C@H]2N1Cc1ccccc1. The van der Waals surface area contributed by atoms with Crippen molar-refractivity contribution in [1.29, 1.82) is 0 Å². The molecule has 19 heavy (non-hydrogen) atoms. The third kappa shape index (κ3) is 2.59. The van der Waals surface area contributed by atoms with E-state index >= 15 is 0 Å². The van der Waals surface area contributed by atoms with Crippen LogP contribution in [-0.2, 0) is 11.3 Å². The van der Waals surface area contributed by atoms with Crippen LogP contribution in [0.5, 0.6) is 0 Å². The standard InChI is InChI=1S/C17H23NO/c1-2-15-10-14-8-9-16(19)11-17(14)18(15)12-13-6-4-3-5-7-13/h3-7,14-15,17H,2,8-12H2,1H3/t14-,15-,17-/m1/s1. The Balaban J connectivity index is 1.78. The fourth-order valence-electron chi connectivity index (χ4n) is 3.90. The molecule has 1 aromatic rings. The third-order valence-corrected chi connectivity index (χ3v) is 4.92. The summed E-state index contributed by atoms with van der Waals surface area (Å²) in [7, 11) is 0. The molecule has 1 saturated heterocycles. The number of likely N-dealkylation sites (tertiary alicyclic amines) is 1. The molecule has 1 aliphatic heterocycles. The van der Waals surface area contributed by atoms with Gasteiger partial charge in [-0.2, -0.15) is 0 Å². The third-order valence-electron chi connectivity index (χ3n) is 4.92. The number of benzene rings is 1. The molecular weight excluding hydrogens is 234 g/mol. The van der Waals surface area contributed by atoms with Crippen LogP contribution < -0.4 is 0 Å². The second-order valence-corrected chi connectivity index (χ2v) is 6.06. The van der Waals surface area contributed by atoms with E-state index in [1.54, 1.807) is 0 Å². The fraction of sp³-hybridized carbons (Fsp3) is 0.588. The molecule has 1 aromatic carbocycles. The number of nitrogens with zero attached hydrogens (tertiary/aromatic N) is 1. The Morgan fingerprint density at radius 2 is 2.05 bits per heavy atom. The largest absolute Gasteiger partial charge is 0.300 e. The number of hydrogen-bond acceptors (Lipinski definition) is 2. The molecular formula is C17H23NO. The lowest BCUT2D eigenvalue weighted by molar-refractivity contribution is -0.122. The van der Waals surface area contributed by atoms with Gasteiger partial charge in [-0.1, -0.05) is 37.3 Å². The predicted molar refractivity (Wildman–Crippen MR) is 76.8 cm³/mol. The molecule has 3 atom stereocenters. The van der Waals surface area contributed by atoms with Crippen LogP contribution in [0.3, 0.4) is 0 Å². The van der Waals surface area contributed by atoms with Gasteiger partial charge in [0.05, 0.1) is 0 Å². The molecule has 0 bridgehead atoms. The van der Waals surface area contributed by atoms with Crippen molar-refractivity contribution in [3.63, 3.8) is 0 Å². The van der Waals surface area contributed by atoms with Crippen LogP contribution in [0.1, 0.15) is 44.6 Å². The summed E-state index contributed by atoms with van der Waals surface area (Å²) in [5, 5.41) is 0. The number of rotatable bonds is 3. The molecule has 2 heteroatoms. The molecule has 1 heterocycles. The molecule has 0 unspecified atom stereocenters. The fourth-order valence-corrected chi connectivity index (χ4v) is 3.90. The Hall–Kier alpha value is -1.15. The summed E-state index contributed by atoms with van der Waals surface area (Å²) >= 11 is 0. The van der Waals surface area contributed by atoms with Gasteiger partial charge in [0.1, 0.15) is 5.78 Å². The normalized spacial score (nSPS) is 31.4. The summed E-state index contributed by atoms with van der Waals surface area (Å²) < 4.78 is 0. The summed E-state index contributed by atoms with van der Waals surface area (Å²) in [6.07, 6.45) is 5.21. The van der Waals surface area contributed by atoms with Gasteiger partial charge in [-0.3, -0.25) is 9.69 Å². The van der Waals surface area contributed by atoms with Gasteiger partial charge in [-0.05, 0) is 30.7 Å². The molecule has 2 aliphatic rings. The zero-order chi connectivity index (χ0) is 13.2. The van der Waals surface area contributed by atoms with Gasteiger partial charge in [0, 0.05) is 31.5 Å². The van der Waals surface area contributed by atoms with E-state index in [1.165, 1.54) is 18.4 Å². The van der Waals surface area contributed by atoms with Gasteiger partial charge in [0.2, 0.25) is 0 Å². The van der Waals surface area contributed by atoms with Crippen molar-refractivity contribution in [1.82, 2.24) is 4.90 Å². The monoisotopic (exact) mass is 257 g/mol. The highest BCUT2D eigenvalue weighted by Crippen LogP contribution is 2.40. The van der Waals surface area contributed by atoms with E-state index in [4.69, 9.17) is 0 Å². The molecule has 0 spiro atoms. The minimum atomic E-state index is 0.469. The minimum Gasteiger partial charge on any atom is -0.300 e. The lowest BCUT2D eigenvalue weighted by Crippen LogP contribution is -2.40. The lowest BCUT2D eigenvalue weighted by atomic mass is 9.84. The molecule has 3 rings (SSSR count). The Kier molecular flexibility index (Phi) is 3.69. The Labute approximate surface area is 115 Å². The van der Waals surface area contributed by atoms with E-state index in [-0.39, 0.29) is 0 Å². The predicted octanol–water partition coefficient (Wildman–Crippen LogP) is 3.41. The van der Waals surface area contributed by atoms with E-state index in [0.717, 1.165) is 31.7 Å². The molecule has 0 radical (unpaired) electrons. The molecule has 0 aromatic heterocycles. The van der Waals surface area contributed by atoms with Crippen LogP contribution in [0, 0.1) is 5.92 Å². The van der Waals surface area contributed by atoms with Crippen molar-refractivity contribution in [3.05, 3.63) is 35.9 Å². The average molecular weight is 257 g/mol. The van der Waals surface area contributed by atoms with E-state index in [9.17, 15) is 4.79 Å². The summed E-state index contributed by atoms with van der Waals surface area (Å²) in [5.41, 5.74) is 1.37. The van der Waals surface area contributed by atoms with Crippen molar-refractivity contribution in [3.8, 4) is 0 Å². The van der Waals surface area contributed by atoms with Crippen LogP contribution in [0.4, 0.5) is 0 Å². The minimum absolute atomic E-state index is 0.469. The summed E-state index contributed by atoms with van der Waals surface area (Å²) in [6.45, 7) is 3.29. The zero-order valence-electron chi connectivity index (χ0n) is 11.7. The van der Waals surface area contributed by atoms with E-state index < -0.39 is 0 Å². The van der Waals surface area contributed by atoms with E-state index in [0.29, 0.717) is 17.9 Å². The van der Waals surface area contributed by atoms with Crippen LogP contribution in [0.15, 0.2) is 30.3 Å². The van der Waals surface area contributed by atoms with Gasteiger partial charge in [-0.25, -0.2) is 0 Å². The molecule has 0 N–H and O–H groups in total. The summed E-state index contributed by atoms with van der Waals surface area (Å²) in [6, 6.07) is 11.9. The van der Waals surface area contributed by atoms with Crippen molar-refractivity contribution in [2.75, 3.05) is 0 Å². The maximum absolute atomic E-state index is 11.8. The average Bonchev–Trinajstić information content (AvgIpc) is 2.78. The van der Waals surface area contributed by atoms with Crippen molar-refractivity contribution in [2.24, 2.45) is 5.92 Å². The van der Waals surface area contributed by atoms with Crippen LogP contribution in [0.2, 0.25) is 0 Å². The van der Waals surface area contributed by atoms with E-state index in [1.807, 2.05) is 0 Å². The number of Topliss-reactive ketones (excluding diaryl/α,β-unsaturated/α-hetero) is 1. The number of fused-ring (bicyclic) bond motifs is 1. The van der Waals surface area contributed by atoms with Crippen LogP contribution in [0.25, 0.3) is 0 Å². The smallest absolute Gasteiger partial charge is 0.134 e. The van der Waals surface area contributed by atoms with Gasteiger partial charge in [-0.15, -0.1) is 0 Å². The zero-order valence-corrected chi connectivity index (χ0v) is 11.7. The molecule has 0 amide bonds. The van der Waals surface area contributed by atoms with Gasteiger partial charge in [0.15, 0.2) is 0 Å². The maximum atomic E-state index is 11.8. The number of hydrogen-bond donors (Lipinski definition) is 0. The molecule has 2 fully saturated rings. The number of carbonyl (C=O) groups excluding carboxylic acids is 1. The molecule has 1 saturated carbocycles. The summed E-state index contributed by atoms with van der Waals surface area (Å²) in [5.74, 6) is 1.22. The Morgan fingerprint density at radius 1 is 1.26 bits per heavy atom. The highest BCUT2D eigenvalue weighted by molar-refractivity contribution is 5.80. The van der Waals surface area contributed by atoms with Crippen LogP contribution in [-0.4, -0.2) is 22.8 Å². The first kappa shape index (κ1) is 12.9. The highest BCUT2D eigenvalue weighted by Gasteiger charge is 2.42. The van der Waals surface area contributed by atoms with Gasteiger partial charge < -0.3 is 0 Å². The Morgan fingerprint density at radius 3 is 2.79 bits per heavy atom. The molecule has 1 aliphatic carbocycles. The maximum Gasteiger partial charge on any atom is 0.134 e. The number of carbonyl (C=O) groups is 1. The summed E-state index contributed by atoms with van der Waals surface area (Å²) in [4.78, 5) is 14.4. The lowest BCUT2D eigenvalue weighted by Gasteiger charge is -2.33. The second-order valence-electron chi connectivity index (χ2n) is 6.06. The first-order valence-electron chi connectivity index (χ1n) is 7.59. The van der Waals surface area contributed by atoms with Gasteiger partial charge >= 0.3 is 0 Å². The Bertz CT molecular complexity index is 442. The van der Waals surface area contributed by atoms with Gasteiger partial charge in [0.25, 0.3) is 0 Å². The highest BCUT2D eigenvalue weighted by atomic mass is 16.1. The van der Waals surface area contributed by atoms with Crippen LogP contribution >= 0.6 is 0 Å². The quantitative estimate of drug-likeness (QED) is 0.827. The van der Waals surface area contributed by atoms with E-state index in [2.05, 4.69) is 42.2 Å². The number of ketones is 1. The first-order valence-corrected chi connectivity index (χ1v) is 7.59. The topological polar surface area (TPSA) is 20.3 Å². The van der Waals surface area contributed by atoms with Crippen molar-refractivity contribution in [2.45, 2.75) is 57.7 Å². The second kappa shape index (κ2) is 5.46. The molecule has 2 nitrogen and oxygen atoms in total. The van der Waals surface area contributed by atoms with Crippen molar-refractivity contribution >= 4 is 5.78 Å².